The highest BCUT2D eigenvalue weighted by Gasteiger charge is 2.16. The Kier molecular flexibility index (Phi) is 3.97. The minimum atomic E-state index is 0.692. The van der Waals surface area contributed by atoms with Crippen LogP contribution in [0.25, 0.3) is 11.3 Å². The van der Waals surface area contributed by atoms with Crippen LogP contribution >= 0.6 is 0 Å². The van der Waals surface area contributed by atoms with Crippen molar-refractivity contribution in [2.75, 3.05) is 25.9 Å². The van der Waals surface area contributed by atoms with Crippen molar-refractivity contribution in [2.45, 2.75) is 25.2 Å². The van der Waals surface area contributed by atoms with E-state index < -0.39 is 0 Å². The molecule has 2 N–H and O–H groups in total. The molecule has 1 saturated heterocycles. The Bertz CT molecular complexity index is 580. The molecule has 1 aromatic carbocycles. The highest BCUT2D eigenvalue weighted by molar-refractivity contribution is 5.62. The van der Waals surface area contributed by atoms with Crippen LogP contribution in [0.5, 0.6) is 0 Å². The minimum Gasteiger partial charge on any atom is -0.384 e. The van der Waals surface area contributed by atoms with E-state index in [4.69, 9.17) is 5.73 Å². The Morgan fingerprint density at radius 1 is 1.10 bits per heavy atom. The van der Waals surface area contributed by atoms with Crippen molar-refractivity contribution in [1.82, 2.24) is 14.7 Å². The molecule has 0 aliphatic carbocycles. The van der Waals surface area contributed by atoms with Crippen LogP contribution in [-0.2, 0) is 7.05 Å². The van der Waals surface area contributed by atoms with Crippen molar-refractivity contribution in [3.63, 3.8) is 0 Å². The van der Waals surface area contributed by atoms with E-state index in [0.717, 1.165) is 11.3 Å². The van der Waals surface area contributed by atoms with Gasteiger partial charge >= 0.3 is 0 Å². The van der Waals surface area contributed by atoms with Crippen molar-refractivity contribution in [1.29, 1.82) is 0 Å². The van der Waals surface area contributed by atoms with Crippen LogP contribution in [0.15, 0.2) is 30.3 Å². The monoisotopic (exact) mass is 284 g/mol. The maximum absolute atomic E-state index is 5.85. The molecule has 4 nitrogen and oxygen atoms in total. The Balaban J connectivity index is 1.77. The van der Waals surface area contributed by atoms with Crippen molar-refractivity contribution in [3.8, 4) is 11.3 Å². The molecule has 1 fully saturated rings. The summed E-state index contributed by atoms with van der Waals surface area (Å²) >= 11 is 0. The van der Waals surface area contributed by atoms with Gasteiger partial charge in [0.2, 0.25) is 0 Å². The van der Waals surface area contributed by atoms with Gasteiger partial charge < -0.3 is 10.6 Å². The Morgan fingerprint density at radius 3 is 2.52 bits per heavy atom. The molecule has 0 radical (unpaired) electrons. The van der Waals surface area contributed by atoms with Crippen LogP contribution in [-0.4, -0.2) is 34.8 Å². The lowest BCUT2D eigenvalue weighted by Crippen LogP contribution is -2.18. The lowest BCUT2D eigenvalue weighted by atomic mass is 9.91. The molecule has 4 heteroatoms. The van der Waals surface area contributed by atoms with Gasteiger partial charge in [-0.1, -0.05) is 24.3 Å². The van der Waals surface area contributed by atoms with E-state index in [1.807, 2.05) is 13.1 Å². The van der Waals surface area contributed by atoms with Crippen LogP contribution in [0, 0.1) is 0 Å². The second kappa shape index (κ2) is 5.90. The highest BCUT2D eigenvalue weighted by Crippen LogP contribution is 2.29. The molecule has 1 aromatic heterocycles. The van der Waals surface area contributed by atoms with E-state index in [1.165, 1.54) is 37.9 Å². The number of nitrogens with two attached hydrogens (primary N) is 1. The first-order valence-corrected chi connectivity index (χ1v) is 7.72. The summed E-state index contributed by atoms with van der Waals surface area (Å²) in [5.41, 5.74) is 9.39. The van der Waals surface area contributed by atoms with Crippen LogP contribution < -0.4 is 5.73 Å². The van der Waals surface area contributed by atoms with Crippen molar-refractivity contribution >= 4 is 5.82 Å². The van der Waals surface area contributed by atoms with Crippen LogP contribution in [0.2, 0.25) is 0 Å². The SMILES string of the molecule is CN1CCCC(c2ccc(-c3cc(N)n(C)n3)cc2)CC1. The molecule has 2 heterocycles. The summed E-state index contributed by atoms with van der Waals surface area (Å²) in [6.07, 6.45) is 3.84. The van der Waals surface area contributed by atoms with E-state index in [-0.39, 0.29) is 0 Å². The van der Waals surface area contributed by atoms with E-state index in [9.17, 15) is 0 Å². The molecule has 1 aliphatic rings. The Hall–Kier alpha value is -1.81. The van der Waals surface area contributed by atoms with Gasteiger partial charge in [0, 0.05) is 18.7 Å². The van der Waals surface area contributed by atoms with E-state index >= 15 is 0 Å². The van der Waals surface area contributed by atoms with Gasteiger partial charge in [-0.25, -0.2) is 0 Å². The summed E-state index contributed by atoms with van der Waals surface area (Å²) < 4.78 is 1.71. The number of benzene rings is 1. The Labute approximate surface area is 126 Å². The standard InChI is InChI=1S/C17H24N4/c1-20-10-3-4-13(9-11-20)14-5-7-15(8-6-14)16-12-17(18)21(2)19-16/h5-8,12-13H,3-4,9-11,18H2,1-2H3. The van der Waals surface area contributed by atoms with Crippen molar-refractivity contribution in [2.24, 2.45) is 7.05 Å². The molecule has 1 aliphatic heterocycles. The van der Waals surface area contributed by atoms with Crippen molar-refractivity contribution in [3.05, 3.63) is 35.9 Å². The molecule has 0 saturated carbocycles. The quantitative estimate of drug-likeness (QED) is 0.922. The van der Waals surface area contributed by atoms with Gasteiger partial charge in [0.1, 0.15) is 5.82 Å². The van der Waals surface area contributed by atoms with E-state index in [1.54, 1.807) is 4.68 Å². The summed E-state index contributed by atoms with van der Waals surface area (Å²) in [6, 6.07) is 10.8. The maximum atomic E-state index is 5.85. The first kappa shape index (κ1) is 14.1. The van der Waals surface area contributed by atoms with Crippen LogP contribution in [0.3, 0.4) is 0 Å². The molecular formula is C17H24N4. The zero-order chi connectivity index (χ0) is 14.8. The number of nitrogen functional groups attached to an aromatic ring is 1. The summed E-state index contributed by atoms with van der Waals surface area (Å²) in [4.78, 5) is 2.44. The van der Waals surface area contributed by atoms with Gasteiger partial charge in [-0.2, -0.15) is 5.10 Å². The summed E-state index contributed by atoms with van der Waals surface area (Å²) in [7, 11) is 4.09. The molecular weight excluding hydrogens is 260 g/mol. The van der Waals surface area contributed by atoms with Gasteiger partial charge in [0.05, 0.1) is 5.69 Å². The summed E-state index contributed by atoms with van der Waals surface area (Å²) in [6.45, 7) is 2.42. The molecule has 3 rings (SSSR count). The van der Waals surface area contributed by atoms with Gasteiger partial charge in [0.15, 0.2) is 0 Å². The number of nitrogens with zero attached hydrogens (tertiary/aromatic N) is 3. The lowest BCUT2D eigenvalue weighted by molar-refractivity contribution is 0.347. The lowest BCUT2D eigenvalue weighted by Gasteiger charge is -2.15. The number of aromatic nitrogens is 2. The molecule has 1 atom stereocenters. The fourth-order valence-electron chi connectivity index (χ4n) is 3.12. The average molecular weight is 284 g/mol. The van der Waals surface area contributed by atoms with Crippen LogP contribution in [0.4, 0.5) is 5.82 Å². The number of hydrogen-bond donors (Lipinski definition) is 1. The second-order valence-corrected chi connectivity index (χ2v) is 6.13. The molecule has 112 valence electrons. The fourth-order valence-corrected chi connectivity index (χ4v) is 3.12. The predicted molar refractivity (Wildman–Crippen MR) is 87.1 cm³/mol. The number of anilines is 1. The average Bonchev–Trinajstić information content (AvgIpc) is 2.69. The zero-order valence-electron chi connectivity index (χ0n) is 12.9. The predicted octanol–water partition coefficient (Wildman–Crippen LogP) is 2.87. The first-order chi connectivity index (χ1) is 10.1. The third-order valence-corrected chi connectivity index (χ3v) is 4.55. The van der Waals surface area contributed by atoms with Gasteiger partial charge in [-0.05, 0) is 50.9 Å². The molecule has 21 heavy (non-hydrogen) atoms. The Morgan fingerprint density at radius 2 is 1.86 bits per heavy atom. The number of hydrogen-bond acceptors (Lipinski definition) is 3. The molecule has 0 amide bonds. The van der Waals surface area contributed by atoms with Crippen molar-refractivity contribution < 1.29 is 0 Å². The third-order valence-electron chi connectivity index (χ3n) is 4.55. The van der Waals surface area contributed by atoms with Gasteiger partial charge in [-0.15, -0.1) is 0 Å². The van der Waals surface area contributed by atoms with E-state index in [2.05, 4.69) is 41.3 Å². The normalized spacial score (nSPS) is 20.4. The molecule has 0 spiro atoms. The molecule has 0 bridgehead atoms. The largest absolute Gasteiger partial charge is 0.384 e. The van der Waals surface area contributed by atoms with Gasteiger partial charge in [0.25, 0.3) is 0 Å². The summed E-state index contributed by atoms with van der Waals surface area (Å²) in [5, 5.41) is 4.43. The molecule has 1 unspecified atom stereocenters. The maximum Gasteiger partial charge on any atom is 0.121 e. The number of rotatable bonds is 2. The van der Waals surface area contributed by atoms with Gasteiger partial charge in [-0.3, -0.25) is 4.68 Å². The van der Waals surface area contributed by atoms with E-state index in [0.29, 0.717) is 11.7 Å². The third kappa shape index (κ3) is 3.10. The molecule has 2 aromatic rings. The minimum absolute atomic E-state index is 0.692. The van der Waals surface area contributed by atoms with Crippen LogP contribution in [0.1, 0.15) is 30.7 Å². The number of aryl methyl sites for hydroxylation is 1. The fraction of sp³-hybridized carbons (Fsp3) is 0.471. The second-order valence-electron chi connectivity index (χ2n) is 6.13. The zero-order valence-corrected chi connectivity index (χ0v) is 12.9. The first-order valence-electron chi connectivity index (χ1n) is 7.72. The number of likely N-dealkylation sites (tertiary alicyclic amines) is 1. The highest BCUT2D eigenvalue weighted by atomic mass is 15.3. The smallest absolute Gasteiger partial charge is 0.121 e. The summed E-state index contributed by atoms with van der Waals surface area (Å²) in [5.74, 6) is 1.39. The topological polar surface area (TPSA) is 47.1 Å².